The lowest BCUT2D eigenvalue weighted by Gasteiger charge is -2.25. The van der Waals surface area contributed by atoms with Crippen LogP contribution < -0.4 is 14.8 Å². The molecule has 0 aliphatic carbocycles. The highest BCUT2D eigenvalue weighted by atomic mass is 16.5. The third kappa shape index (κ3) is 4.14. The summed E-state index contributed by atoms with van der Waals surface area (Å²) in [6.45, 7) is 5.92. The average Bonchev–Trinajstić information content (AvgIpc) is 2.47. The Morgan fingerprint density at radius 1 is 1.40 bits per heavy atom. The first kappa shape index (κ1) is 16.3. The zero-order valence-corrected chi connectivity index (χ0v) is 13.0. The highest BCUT2D eigenvalue weighted by Gasteiger charge is 2.25. The minimum atomic E-state index is -0.587. The summed E-state index contributed by atoms with van der Waals surface area (Å²) in [5.41, 5.74) is 0.620. The molecule has 0 aliphatic rings. The molecule has 1 rings (SSSR count). The lowest BCUT2D eigenvalue weighted by atomic mass is 9.97. The molecular formula is C16H24N2O2. The van der Waals surface area contributed by atoms with Gasteiger partial charge in [0.25, 0.3) is 0 Å². The van der Waals surface area contributed by atoms with E-state index in [9.17, 15) is 5.26 Å². The zero-order valence-electron chi connectivity index (χ0n) is 13.0. The number of benzene rings is 1. The van der Waals surface area contributed by atoms with Gasteiger partial charge in [0.15, 0.2) is 11.5 Å². The predicted octanol–water partition coefficient (Wildman–Crippen LogP) is 2.92. The molecule has 1 N–H and O–H groups in total. The van der Waals surface area contributed by atoms with Gasteiger partial charge < -0.3 is 14.8 Å². The summed E-state index contributed by atoms with van der Waals surface area (Å²) >= 11 is 0. The Kier molecular flexibility index (Phi) is 5.84. The van der Waals surface area contributed by atoms with E-state index in [1.54, 1.807) is 14.2 Å². The second kappa shape index (κ2) is 7.16. The van der Waals surface area contributed by atoms with Crippen molar-refractivity contribution in [3.63, 3.8) is 0 Å². The zero-order chi connectivity index (χ0) is 15.2. The molecule has 0 amide bonds. The van der Waals surface area contributed by atoms with E-state index in [1.165, 1.54) is 5.56 Å². The molecule has 0 saturated carbocycles. The SMILES string of the molecule is CCc1ccc(OC(C)CC(C)(C#N)NC)c(OC)c1. The van der Waals surface area contributed by atoms with Crippen molar-refractivity contribution in [1.29, 1.82) is 5.26 Å². The Balaban J connectivity index is 2.80. The van der Waals surface area contributed by atoms with Gasteiger partial charge in [-0.25, -0.2) is 0 Å². The topological polar surface area (TPSA) is 54.3 Å². The third-order valence-electron chi connectivity index (χ3n) is 3.46. The van der Waals surface area contributed by atoms with Gasteiger partial charge in [-0.2, -0.15) is 5.26 Å². The van der Waals surface area contributed by atoms with E-state index < -0.39 is 5.54 Å². The Morgan fingerprint density at radius 2 is 2.10 bits per heavy atom. The fraction of sp³-hybridized carbons (Fsp3) is 0.562. The highest BCUT2D eigenvalue weighted by Crippen LogP contribution is 2.30. The molecule has 0 radical (unpaired) electrons. The van der Waals surface area contributed by atoms with Crippen molar-refractivity contribution in [2.75, 3.05) is 14.2 Å². The number of nitriles is 1. The number of ether oxygens (including phenoxy) is 2. The largest absolute Gasteiger partial charge is 0.493 e. The number of methoxy groups -OCH3 is 1. The Morgan fingerprint density at radius 3 is 2.60 bits per heavy atom. The van der Waals surface area contributed by atoms with Gasteiger partial charge in [0, 0.05) is 6.42 Å². The highest BCUT2D eigenvalue weighted by molar-refractivity contribution is 5.43. The van der Waals surface area contributed by atoms with E-state index >= 15 is 0 Å². The van der Waals surface area contributed by atoms with Crippen LogP contribution in [0.15, 0.2) is 18.2 Å². The Hall–Kier alpha value is -1.73. The summed E-state index contributed by atoms with van der Waals surface area (Å²) in [6.07, 6.45) is 1.46. The van der Waals surface area contributed by atoms with E-state index in [0.717, 1.165) is 12.2 Å². The molecule has 2 atom stereocenters. The maximum Gasteiger partial charge on any atom is 0.161 e. The molecule has 2 unspecified atom stereocenters. The van der Waals surface area contributed by atoms with Crippen molar-refractivity contribution >= 4 is 0 Å². The van der Waals surface area contributed by atoms with E-state index in [-0.39, 0.29) is 6.10 Å². The minimum absolute atomic E-state index is 0.0894. The smallest absolute Gasteiger partial charge is 0.161 e. The molecule has 1 aromatic carbocycles. The van der Waals surface area contributed by atoms with E-state index in [1.807, 2.05) is 32.0 Å². The van der Waals surface area contributed by atoms with Crippen LogP contribution in [0.3, 0.4) is 0 Å². The first-order valence-electron chi connectivity index (χ1n) is 6.91. The maximum atomic E-state index is 9.18. The van der Waals surface area contributed by atoms with Crippen LogP contribution in [-0.2, 0) is 6.42 Å². The van der Waals surface area contributed by atoms with Crippen molar-refractivity contribution in [3.8, 4) is 17.6 Å². The van der Waals surface area contributed by atoms with Crippen LogP contribution in [-0.4, -0.2) is 25.8 Å². The molecule has 0 bridgehead atoms. The number of nitrogens with one attached hydrogen (secondary N) is 1. The number of hydrogen-bond donors (Lipinski definition) is 1. The van der Waals surface area contributed by atoms with Gasteiger partial charge >= 0.3 is 0 Å². The Bertz CT molecular complexity index is 482. The summed E-state index contributed by atoms with van der Waals surface area (Å²) in [6, 6.07) is 8.22. The normalized spacial score (nSPS) is 15.0. The molecule has 4 nitrogen and oxygen atoms in total. The third-order valence-corrected chi connectivity index (χ3v) is 3.46. The molecule has 4 heteroatoms. The fourth-order valence-electron chi connectivity index (χ4n) is 2.07. The van der Waals surface area contributed by atoms with Crippen LogP contribution in [0, 0.1) is 11.3 Å². The van der Waals surface area contributed by atoms with Crippen molar-refractivity contribution in [2.24, 2.45) is 0 Å². The second-order valence-corrected chi connectivity index (χ2v) is 5.17. The first-order valence-corrected chi connectivity index (χ1v) is 6.91. The summed E-state index contributed by atoms with van der Waals surface area (Å²) in [5.74, 6) is 1.45. The number of hydrogen-bond acceptors (Lipinski definition) is 4. The molecule has 0 saturated heterocycles. The van der Waals surface area contributed by atoms with Crippen LogP contribution in [0.4, 0.5) is 0 Å². The van der Waals surface area contributed by atoms with E-state index in [0.29, 0.717) is 12.2 Å². The summed E-state index contributed by atoms with van der Waals surface area (Å²) in [5, 5.41) is 12.2. The molecular weight excluding hydrogens is 252 g/mol. The molecule has 0 fully saturated rings. The average molecular weight is 276 g/mol. The maximum absolute atomic E-state index is 9.18. The molecule has 110 valence electrons. The lowest BCUT2D eigenvalue weighted by molar-refractivity contribution is 0.176. The molecule has 0 aromatic heterocycles. The number of nitrogens with zero attached hydrogens (tertiary/aromatic N) is 1. The lowest BCUT2D eigenvalue weighted by Crippen LogP contribution is -2.41. The van der Waals surface area contributed by atoms with Crippen LogP contribution in [0.1, 0.15) is 32.8 Å². The minimum Gasteiger partial charge on any atom is -0.493 e. The van der Waals surface area contributed by atoms with Crippen molar-refractivity contribution in [1.82, 2.24) is 5.32 Å². The fourth-order valence-corrected chi connectivity index (χ4v) is 2.07. The number of aryl methyl sites for hydroxylation is 1. The first-order chi connectivity index (χ1) is 9.47. The molecule has 1 aromatic rings. The van der Waals surface area contributed by atoms with Crippen molar-refractivity contribution < 1.29 is 9.47 Å². The molecule has 0 aliphatic heterocycles. The van der Waals surface area contributed by atoms with Gasteiger partial charge in [0.2, 0.25) is 0 Å². The van der Waals surface area contributed by atoms with Gasteiger partial charge in [-0.1, -0.05) is 13.0 Å². The summed E-state index contributed by atoms with van der Waals surface area (Å²) in [7, 11) is 3.42. The van der Waals surface area contributed by atoms with Gasteiger partial charge in [-0.15, -0.1) is 0 Å². The van der Waals surface area contributed by atoms with Crippen LogP contribution in [0.5, 0.6) is 11.5 Å². The number of rotatable bonds is 7. The van der Waals surface area contributed by atoms with Gasteiger partial charge in [-0.3, -0.25) is 0 Å². The standard InChI is InChI=1S/C16H24N2O2/c1-6-13-7-8-14(15(9-13)19-5)20-12(2)10-16(3,11-17)18-4/h7-9,12,18H,6,10H2,1-5H3. The molecule has 0 spiro atoms. The summed E-state index contributed by atoms with van der Waals surface area (Å²) in [4.78, 5) is 0. The monoisotopic (exact) mass is 276 g/mol. The molecule has 0 heterocycles. The van der Waals surface area contributed by atoms with E-state index in [2.05, 4.69) is 18.3 Å². The van der Waals surface area contributed by atoms with Crippen LogP contribution >= 0.6 is 0 Å². The van der Waals surface area contributed by atoms with Gasteiger partial charge in [-0.05, 0) is 45.0 Å². The van der Waals surface area contributed by atoms with E-state index in [4.69, 9.17) is 9.47 Å². The predicted molar refractivity (Wildman–Crippen MR) is 80.2 cm³/mol. The van der Waals surface area contributed by atoms with Crippen LogP contribution in [0.2, 0.25) is 0 Å². The van der Waals surface area contributed by atoms with Crippen molar-refractivity contribution in [2.45, 2.75) is 45.3 Å². The Labute approximate surface area is 121 Å². The molecule has 20 heavy (non-hydrogen) atoms. The summed E-state index contributed by atoms with van der Waals surface area (Å²) < 4.78 is 11.3. The second-order valence-electron chi connectivity index (χ2n) is 5.17. The van der Waals surface area contributed by atoms with Gasteiger partial charge in [0.1, 0.15) is 5.54 Å². The van der Waals surface area contributed by atoms with Crippen molar-refractivity contribution in [3.05, 3.63) is 23.8 Å². The quantitative estimate of drug-likeness (QED) is 0.832. The van der Waals surface area contributed by atoms with Gasteiger partial charge in [0.05, 0.1) is 19.3 Å². The van der Waals surface area contributed by atoms with Crippen LogP contribution in [0.25, 0.3) is 0 Å².